The maximum atomic E-state index is 12.6. The fourth-order valence-electron chi connectivity index (χ4n) is 6.27. The highest BCUT2D eigenvalue weighted by molar-refractivity contribution is 5.92. The van der Waals surface area contributed by atoms with Crippen molar-refractivity contribution < 1.29 is 9.53 Å². The van der Waals surface area contributed by atoms with Crippen LogP contribution in [0.5, 0.6) is 5.75 Å². The zero-order valence-corrected chi connectivity index (χ0v) is 16.3. The van der Waals surface area contributed by atoms with Crippen molar-refractivity contribution in [2.45, 2.75) is 58.4 Å². The van der Waals surface area contributed by atoms with E-state index in [1.54, 1.807) is 13.2 Å². The number of benzene rings is 1. The van der Waals surface area contributed by atoms with Gasteiger partial charge in [0.2, 0.25) is 5.91 Å². The van der Waals surface area contributed by atoms with E-state index in [0.717, 1.165) is 34.6 Å². The van der Waals surface area contributed by atoms with Crippen LogP contribution in [0.4, 0.5) is 0 Å². The first-order valence-electron chi connectivity index (χ1n) is 10.1. The second-order valence-corrected chi connectivity index (χ2v) is 9.09. The van der Waals surface area contributed by atoms with Crippen molar-refractivity contribution in [1.82, 2.24) is 5.32 Å². The highest BCUT2D eigenvalue weighted by Gasteiger charge is 2.53. The van der Waals surface area contributed by atoms with E-state index in [2.05, 4.69) is 12.2 Å². The largest absolute Gasteiger partial charge is 0.496 e. The molecule has 26 heavy (non-hydrogen) atoms. The first-order valence-corrected chi connectivity index (χ1v) is 10.1. The molecule has 1 amide bonds. The number of nitrogens with one attached hydrogen (secondary N) is 1. The van der Waals surface area contributed by atoms with Gasteiger partial charge < -0.3 is 10.1 Å². The number of amides is 1. The van der Waals surface area contributed by atoms with Crippen molar-refractivity contribution in [1.29, 1.82) is 0 Å². The minimum absolute atomic E-state index is 0.0109. The molecule has 1 atom stereocenters. The minimum Gasteiger partial charge on any atom is -0.496 e. The number of hydrogen-bond donors (Lipinski definition) is 1. The summed E-state index contributed by atoms with van der Waals surface area (Å²) < 4.78 is 5.40. The Labute approximate surface area is 157 Å². The van der Waals surface area contributed by atoms with Crippen LogP contribution in [0.3, 0.4) is 0 Å². The van der Waals surface area contributed by atoms with Crippen LogP contribution in [0.2, 0.25) is 0 Å². The molecule has 140 valence electrons. The maximum absolute atomic E-state index is 12.6. The Kier molecular flexibility index (Phi) is 4.58. The molecule has 0 spiro atoms. The third-order valence-corrected chi connectivity index (χ3v) is 7.16. The topological polar surface area (TPSA) is 38.3 Å². The average Bonchev–Trinajstić information content (AvgIpc) is 2.59. The van der Waals surface area contributed by atoms with Crippen molar-refractivity contribution >= 4 is 12.0 Å². The highest BCUT2D eigenvalue weighted by atomic mass is 16.5. The van der Waals surface area contributed by atoms with Gasteiger partial charge in [0.15, 0.2) is 0 Å². The molecule has 4 aliphatic rings. The number of hydrogen-bond acceptors (Lipinski definition) is 2. The Morgan fingerprint density at radius 1 is 1.19 bits per heavy atom. The standard InChI is InChI=1S/C23H31NO2/c1-15-4-6-21(26-3)20(8-15)5-7-22(25)24-16(2)23-12-17-9-18(13-23)11-19(10-17)14-23/h4-8,16-19H,9-14H2,1-3H3,(H,24,25)/b7-5+. The van der Waals surface area contributed by atoms with E-state index in [4.69, 9.17) is 4.74 Å². The summed E-state index contributed by atoms with van der Waals surface area (Å²) in [6, 6.07) is 6.27. The fourth-order valence-corrected chi connectivity index (χ4v) is 6.27. The van der Waals surface area contributed by atoms with Crippen molar-refractivity contribution in [2.24, 2.45) is 23.2 Å². The molecule has 0 saturated heterocycles. The summed E-state index contributed by atoms with van der Waals surface area (Å²) in [6.45, 7) is 4.28. The lowest BCUT2D eigenvalue weighted by atomic mass is 9.48. The number of ether oxygens (including phenoxy) is 1. The molecule has 0 radical (unpaired) electrons. The Morgan fingerprint density at radius 3 is 2.38 bits per heavy atom. The molecule has 4 fully saturated rings. The molecule has 5 rings (SSSR count). The van der Waals surface area contributed by atoms with Crippen molar-refractivity contribution in [3.8, 4) is 5.75 Å². The summed E-state index contributed by atoms with van der Waals surface area (Å²) in [6.07, 6.45) is 11.8. The van der Waals surface area contributed by atoms with E-state index in [-0.39, 0.29) is 11.9 Å². The molecule has 0 aromatic heterocycles. The van der Waals surface area contributed by atoms with Gasteiger partial charge in [-0.3, -0.25) is 4.79 Å². The van der Waals surface area contributed by atoms with Crippen LogP contribution < -0.4 is 10.1 Å². The van der Waals surface area contributed by atoms with Gasteiger partial charge in [-0.25, -0.2) is 0 Å². The molecule has 4 bridgehead atoms. The third-order valence-electron chi connectivity index (χ3n) is 7.16. The molecule has 3 nitrogen and oxygen atoms in total. The molecule has 3 heteroatoms. The average molecular weight is 354 g/mol. The first kappa shape index (κ1) is 17.6. The van der Waals surface area contributed by atoms with Crippen LogP contribution in [0.15, 0.2) is 24.3 Å². The van der Waals surface area contributed by atoms with Gasteiger partial charge in [-0.15, -0.1) is 0 Å². The lowest BCUT2D eigenvalue weighted by Gasteiger charge is -2.59. The van der Waals surface area contributed by atoms with Crippen molar-refractivity contribution in [3.05, 3.63) is 35.4 Å². The number of rotatable bonds is 5. The first-order chi connectivity index (χ1) is 12.5. The fraction of sp³-hybridized carbons (Fsp3) is 0.609. The Balaban J connectivity index is 1.43. The van der Waals surface area contributed by atoms with E-state index >= 15 is 0 Å². The molecule has 0 aliphatic heterocycles. The van der Waals surface area contributed by atoms with Crippen LogP contribution in [-0.4, -0.2) is 19.1 Å². The Morgan fingerprint density at radius 2 is 1.81 bits per heavy atom. The smallest absolute Gasteiger partial charge is 0.244 e. The number of aryl methyl sites for hydroxylation is 1. The van der Waals surface area contributed by atoms with Crippen molar-refractivity contribution in [3.63, 3.8) is 0 Å². The molecule has 1 aromatic carbocycles. The molecular formula is C23H31NO2. The number of methoxy groups -OCH3 is 1. The third kappa shape index (κ3) is 3.28. The second kappa shape index (κ2) is 6.75. The van der Waals surface area contributed by atoms with Gasteiger partial charge >= 0.3 is 0 Å². The van der Waals surface area contributed by atoms with Crippen LogP contribution in [-0.2, 0) is 4.79 Å². The predicted molar refractivity (Wildman–Crippen MR) is 105 cm³/mol. The van der Waals surface area contributed by atoms with Gasteiger partial charge in [0, 0.05) is 17.7 Å². The van der Waals surface area contributed by atoms with Gasteiger partial charge in [-0.05, 0) is 93.7 Å². The second-order valence-electron chi connectivity index (χ2n) is 9.09. The summed E-state index contributed by atoms with van der Waals surface area (Å²) in [5.74, 6) is 3.54. The molecule has 0 heterocycles. The quantitative estimate of drug-likeness (QED) is 0.777. The predicted octanol–water partition coefficient (Wildman–Crippen LogP) is 4.74. The van der Waals surface area contributed by atoms with Crippen LogP contribution in [0.1, 0.15) is 56.6 Å². The highest BCUT2D eigenvalue weighted by Crippen LogP contribution is 2.61. The molecule has 1 N–H and O–H groups in total. The number of carbonyl (C=O) groups is 1. The summed E-state index contributed by atoms with van der Waals surface area (Å²) >= 11 is 0. The zero-order valence-electron chi connectivity index (χ0n) is 16.3. The van der Waals surface area contributed by atoms with E-state index < -0.39 is 0 Å². The summed E-state index contributed by atoms with van der Waals surface area (Å²) in [4.78, 5) is 12.6. The Bertz CT molecular complexity index is 686. The molecule has 4 saturated carbocycles. The van der Waals surface area contributed by atoms with E-state index in [1.165, 1.54) is 38.5 Å². The summed E-state index contributed by atoms with van der Waals surface area (Å²) in [5, 5.41) is 3.29. The Hall–Kier alpha value is -1.77. The van der Waals surface area contributed by atoms with Crippen LogP contribution >= 0.6 is 0 Å². The van der Waals surface area contributed by atoms with Crippen LogP contribution in [0.25, 0.3) is 6.08 Å². The lowest BCUT2D eigenvalue weighted by molar-refractivity contribution is -0.121. The molecule has 1 unspecified atom stereocenters. The minimum atomic E-state index is 0.0109. The van der Waals surface area contributed by atoms with Gasteiger partial charge in [0.25, 0.3) is 0 Å². The van der Waals surface area contributed by atoms with E-state index in [1.807, 2.05) is 31.2 Å². The normalized spacial score (nSPS) is 33.4. The van der Waals surface area contributed by atoms with Gasteiger partial charge in [-0.1, -0.05) is 11.6 Å². The summed E-state index contributed by atoms with van der Waals surface area (Å²) in [5.41, 5.74) is 2.46. The van der Waals surface area contributed by atoms with E-state index in [0.29, 0.717) is 5.41 Å². The molecule has 1 aromatic rings. The summed E-state index contributed by atoms with van der Waals surface area (Å²) in [7, 11) is 1.66. The molecular weight excluding hydrogens is 322 g/mol. The van der Waals surface area contributed by atoms with Gasteiger partial charge in [-0.2, -0.15) is 0 Å². The zero-order chi connectivity index (χ0) is 18.3. The monoisotopic (exact) mass is 353 g/mol. The lowest BCUT2D eigenvalue weighted by Crippen LogP contribution is -2.55. The number of carbonyl (C=O) groups excluding carboxylic acids is 1. The SMILES string of the molecule is COc1ccc(C)cc1/C=C/C(=O)NC(C)C12CC3CC(CC(C3)C1)C2. The molecule has 4 aliphatic carbocycles. The van der Waals surface area contributed by atoms with Gasteiger partial charge in [0.05, 0.1) is 7.11 Å². The van der Waals surface area contributed by atoms with Crippen molar-refractivity contribution in [2.75, 3.05) is 7.11 Å². The maximum Gasteiger partial charge on any atom is 0.244 e. The van der Waals surface area contributed by atoms with E-state index in [9.17, 15) is 4.79 Å². The van der Waals surface area contributed by atoms with Crippen LogP contribution in [0, 0.1) is 30.1 Å². The van der Waals surface area contributed by atoms with Gasteiger partial charge in [0.1, 0.15) is 5.75 Å².